The van der Waals surface area contributed by atoms with Crippen molar-refractivity contribution in [3.8, 4) is 0 Å². The summed E-state index contributed by atoms with van der Waals surface area (Å²) >= 11 is 0. The zero-order chi connectivity index (χ0) is 31.7. The summed E-state index contributed by atoms with van der Waals surface area (Å²) in [4.78, 5) is 2.36. The maximum absolute atomic E-state index is 4.13. The molecule has 2 atom stereocenters. The second-order valence-corrected chi connectivity index (χ2v) is 13.2. The number of para-hydroxylation sites is 1. The molecule has 0 N–H and O–H groups in total. The predicted molar refractivity (Wildman–Crippen MR) is 196 cm³/mol. The molecule has 0 fully saturated rings. The summed E-state index contributed by atoms with van der Waals surface area (Å²) in [5, 5.41) is 2.65. The lowest BCUT2D eigenvalue weighted by Crippen LogP contribution is -2.37. The largest absolute Gasteiger partial charge is 0.347 e. The van der Waals surface area contributed by atoms with Crippen LogP contribution in [0.4, 0.5) is 11.4 Å². The van der Waals surface area contributed by atoms with Crippen LogP contribution in [0.1, 0.15) is 42.0 Å². The second-order valence-electron chi connectivity index (χ2n) is 13.2. The Morgan fingerprint density at radius 3 is 2.22 bits per heavy atom. The number of rotatable bonds is 9. The monoisotopic (exact) mass is 599 g/mol. The van der Waals surface area contributed by atoms with Crippen LogP contribution in [0.25, 0.3) is 10.8 Å². The Morgan fingerprint density at radius 1 is 0.783 bits per heavy atom. The molecule has 0 radical (unpaired) electrons. The van der Waals surface area contributed by atoms with Crippen molar-refractivity contribution < 1.29 is 4.58 Å². The van der Waals surface area contributed by atoms with Crippen LogP contribution >= 0.6 is 0 Å². The van der Waals surface area contributed by atoms with E-state index in [1.54, 1.807) is 0 Å². The summed E-state index contributed by atoms with van der Waals surface area (Å²) < 4.78 is 2.46. The molecule has 0 aromatic heterocycles. The molecule has 0 saturated heterocycles. The van der Waals surface area contributed by atoms with Gasteiger partial charge in [0.1, 0.15) is 7.05 Å². The lowest BCUT2D eigenvalue weighted by Gasteiger charge is -2.29. The van der Waals surface area contributed by atoms with Gasteiger partial charge >= 0.3 is 0 Å². The van der Waals surface area contributed by atoms with Crippen molar-refractivity contribution in [2.75, 3.05) is 19.0 Å². The number of anilines is 1. The molecule has 0 bridgehead atoms. The van der Waals surface area contributed by atoms with Crippen molar-refractivity contribution in [2.24, 2.45) is 0 Å². The van der Waals surface area contributed by atoms with Gasteiger partial charge in [-0.2, -0.15) is 4.58 Å². The topological polar surface area (TPSA) is 6.25 Å². The van der Waals surface area contributed by atoms with Gasteiger partial charge in [-0.25, -0.2) is 0 Å². The van der Waals surface area contributed by atoms with Crippen molar-refractivity contribution in [1.29, 1.82) is 0 Å². The van der Waals surface area contributed by atoms with Gasteiger partial charge in [0.2, 0.25) is 5.69 Å². The molecule has 2 heteroatoms. The van der Waals surface area contributed by atoms with Gasteiger partial charge in [0.15, 0.2) is 5.71 Å². The van der Waals surface area contributed by atoms with E-state index in [-0.39, 0.29) is 10.8 Å². The summed E-state index contributed by atoms with van der Waals surface area (Å²) in [5.41, 5.74) is 10.4. The maximum atomic E-state index is 4.13. The summed E-state index contributed by atoms with van der Waals surface area (Å²) in [7, 11) is 4.46. The number of likely N-dealkylation sites (N-methyl/N-ethyl adjacent to an activating group) is 1. The summed E-state index contributed by atoms with van der Waals surface area (Å²) in [6, 6.07) is 44.4. The Hall–Kier alpha value is -4.95. The average Bonchev–Trinajstić information content (AvgIpc) is 3.45. The fourth-order valence-corrected chi connectivity index (χ4v) is 8.26. The fourth-order valence-electron chi connectivity index (χ4n) is 8.26. The SMILES string of the molecule is C=CCC1(C)C(=CC=CC2=[N+](C)c3ccc4ccccc4c3C2(CCc2ccccc2)Cc2ccccc2)N(C)c2ccccc21. The normalized spacial score (nSPS) is 21.4. The molecule has 5 aromatic rings. The van der Waals surface area contributed by atoms with Crippen LogP contribution in [0.3, 0.4) is 0 Å². The molecule has 0 aliphatic carbocycles. The van der Waals surface area contributed by atoms with Gasteiger partial charge < -0.3 is 4.90 Å². The summed E-state index contributed by atoms with van der Waals surface area (Å²) in [5.74, 6) is 0. The Labute approximate surface area is 274 Å². The van der Waals surface area contributed by atoms with Gasteiger partial charge in [-0.15, -0.1) is 6.58 Å². The lowest BCUT2D eigenvalue weighted by molar-refractivity contribution is -0.401. The third kappa shape index (κ3) is 4.93. The minimum absolute atomic E-state index is 0.128. The van der Waals surface area contributed by atoms with Crippen LogP contribution in [-0.2, 0) is 23.7 Å². The third-order valence-corrected chi connectivity index (χ3v) is 10.5. The van der Waals surface area contributed by atoms with E-state index in [2.05, 4.69) is 183 Å². The van der Waals surface area contributed by atoms with Crippen LogP contribution in [0.5, 0.6) is 0 Å². The average molecular weight is 600 g/mol. The number of fused-ring (bicyclic) bond motifs is 4. The molecule has 5 aromatic carbocycles. The van der Waals surface area contributed by atoms with Crippen LogP contribution in [0.2, 0.25) is 0 Å². The first-order chi connectivity index (χ1) is 22.5. The van der Waals surface area contributed by atoms with Gasteiger partial charge in [0.05, 0.1) is 5.41 Å². The molecular weight excluding hydrogens is 556 g/mol. The molecule has 2 aliphatic heterocycles. The highest BCUT2D eigenvalue weighted by atomic mass is 15.2. The maximum Gasteiger partial charge on any atom is 0.210 e. The van der Waals surface area contributed by atoms with E-state index >= 15 is 0 Å². The number of benzene rings is 5. The van der Waals surface area contributed by atoms with Gasteiger partial charge in [-0.1, -0.05) is 115 Å². The molecule has 0 amide bonds. The standard InChI is InChI=1S/C44H43N2/c1-5-30-43(2)37-23-14-15-24-38(37)45(3)40(43)25-16-26-41-44(32-34-19-10-7-11-20-34,31-29-33-17-8-6-9-18-33)42-36-22-13-12-21-35(36)27-28-39(42)46(41)4/h5-28H,1,29-32H2,2-4H3/q+1. The number of hydrogen-bond donors (Lipinski definition) is 0. The summed E-state index contributed by atoms with van der Waals surface area (Å²) in [6.45, 7) is 6.49. The minimum Gasteiger partial charge on any atom is -0.347 e. The van der Waals surface area contributed by atoms with Crippen molar-refractivity contribution >= 4 is 27.9 Å². The van der Waals surface area contributed by atoms with Crippen LogP contribution < -0.4 is 4.90 Å². The summed E-state index contributed by atoms with van der Waals surface area (Å²) in [6.07, 6.45) is 12.9. The van der Waals surface area contributed by atoms with Gasteiger partial charge in [-0.05, 0) is 78.3 Å². The number of nitrogens with zero attached hydrogens (tertiary/aromatic N) is 2. The third-order valence-electron chi connectivity index (χ3n) is 10.5. The molecule has 2 unspecified atom stereocenters. The quantitative estimate of drug-likeness (QED) is 0.121. The van der Waals surface area contributed by atoms with Crippen molar-refractivity contribution in [3.05, 3.63) is 180 Å². The molecule has 46 heavy (non-hydrogen) atoms. The van der Waals surface area contributed by atoms with E-state index in [4.69, 9.17) is 0 Å². The first-order valence-corrected chi connectivity index (χ1v) is 16.5. The predicted octanol–water partition coefficient (Wildman–Crippen LogP) is 10.1. The van der Waals surface area contributed by atoms with Crippen LogP contribution in [0, 0.1) is 0 Å². The fraction of sp³-hybridized carbons (Fsp3) is 0.205. The number of allylic oxidation sites excluding steroid dienone is 5. The zero-order valence-electron chi connectivity index (χ0n) is 27.3. The number of hydrogen-bond acceptors (Lipinski definition) is 1. The van der Waals surface area contributed by atoms with Gasteiger partial charge in [-0.3, -0.25) is 0 Å². The second kappa shape index (κ2) is 12.1. The number of aryl methyl sites for hydroxylation is 1. The van der Waals surface area contributed by atoms with Gasteiger partial charge in [0, 0.05) is 41.6 Å². The molecule has 228 valence electrons. The minimum atomic E-state index is -0.216. The van der Waals surface area contributed by atoms with Crippen molar-refractivity contribution in [2.45, 2.75) is 43.4 Å². The van der Waals surface area contributed by atoms with Crippen LogP contribution in [-0.4, -0.2) is 24.4 Å². The van der Waals surface area contributed by atoms with E-state index in [0.717, 1.165) is 25.7 Å². The van der Waals surface area contributed by atoms with E-state index in [1.165, 1.54) is 55.8 Å². The van der Waals surface area contributed by atoms with E-state index < -0.39 is 0 Å². The Kier molecular flexibility index (Phi) is 7.82. The highest BCUT2D eigenvalue weighted by Gasteiger charge is 2.51. The smallest absolute Gasteiger partial charge is 0.210 e. The van der Waals surface area contributed by atoms with Gasteiger partial charge in [0.25, 0.3) is 0 Å². The van der Waals surface area contributed by atoms with E-state index in [0.29, 0.717) is 0 Å². The van der Waals surface area contributed by atoms with Crippen molar-refractivity contribution in [3.63, 3.8) is 0 Å². The first-order valence-electron chi connectivity index (χ1n) is 16.5. The molecule has 2 aliphatic rings. The zero-order valence-corrected chi connectivity index (χ0v) is 27.3. The van der Waals surface area contributed by atoms with E-state index in [9.17, 15) is 0 Å². The van der Waals surface area contributed by atoms with Crippen molar-refractivity contribution in [1.82, 2.24) is 0 Å². The highest BCUT2D eigenvalue weighted by Crippen LogP contribution is 2.50. The van der Waals surface area contributed by atoms with Crippen LogP contribution in [0.15, 0.2) is 158 Å². The molecule has 2 nitrogen and oxygen atoms in total. The first kappa shape index (κ1) is 29.7. The Bertz CT molecular complexity index is 2000. The highest BCUT2D eigenvalue weighted by molar-refractivity contribution is 6.08. The lowest BCUT2D eigenvalue weighted by atomic mass is 9.68. The Morgan fingerprint density at radius 2 is 1.46 bits per heavy atom. The molecule has 7 rings (SSSR count). The molecule has 2 heterocycles. The Balaban J connectivity index is 1.40. The molecular formula is C44H43N2+. The molecule has 0 saturated carbocycles. The van der Waals surface area contributed by atoms with E-state index in [1.807, 2.05) is 0 Å². The molecule has 0 spiro atoms.